The van der Waals surface area contributed by atoms with Crippen LogP contribution in [0.5, 0.6) is 0 Å². The number of nitrogens with one attached hydrogen (secondary N) is 1. The van der Waals surface area contributed by atoms with Crippen molar-refractivity contribution < 1.29 is 4.42 Å². The van der Waals surface area contributed by atoms with Crippen LogP contribution in [0.4, 0.5) is 0 Å². The second kappa shape index (κ2) is 5.17. The van der Waals surface area contributed by atoms with E-state index in [9.17, 15) is 0 Å². The highest BCUT2D eigenvalue weighted by Gasteiger charge is 2.28. The molecule has 1 atom stereocenters. The Morgan fingerprint density at radius 1 is 1.53 bits per heavy atom. The fourth-order valence-electron chi connectivity index (χ4n) is 2.51. The van der Waals surface area contributed by atoms with E-state index < -0.39 is 0 Å². The van der Waals surface area contributed by atoms with Gasteiger partial charge in [-0.3, -0.25) is 0 Å². The zero-order valence-corrected chi connectivity index (χ0v) is 10.7. The third kappa shape index (κ3) is 2.45. The van der Waals surface area contributed by atoms with E-state index in [1.807, 2.05) is 6.07 Å². The monoisotopic (exact) mass is 271 g/mol. The maximum atomic E-state index is 5.58. The fraction of sp³-hybridized carbons (Fsp3) is 0.667. The summed E-state index contributed by atoms with van der Waals surface area (Å²) in [5, 5.41) is 3.54. The smallest absolute Gasteiger partial charge is 0.135 e. The second-order valence-electron chi connectivity index (χ2n) is 4.21. The lowest BCUT2D eigenvalue weighted by molar-refractivity contribution is 0.315. The van der Waals surface area contributed by atoms with E-state index in [0.29, 0.717) is 6.04 Å². The Bertz CT molecular complexity index is 304. The number of hydrogen-bond acceptors (Lipinski definition) is 2. The number of rotatable bonds is 4. The minimum Gasteiger partial charge on any atom is -0.466 e. The fourth-order valence-corrected chi connectivity index (χ4v) is 2.96. The van der Waals surface area contributed by atoms with Gasteiger partial charge in [0.2, 0.25) is 0 Å². The molecule has 0 aliphatic heterocycles. The quantitative estimate of drug-likeness (QED) is 0.899. The van der Waals surface area contributed by atoms with Gasteiger partial charge in [0.1, 0.15) is 5.76 Å². The Morgan fingerprint density at radius 3 is 2.80 bits per heavy atom. The zero-order valence-electron chi connectivity index (χ0n) is 9.13. The van der Waals surface area contributed by atoms with E-state index in [0.717, 1.165) is 22.7 Å². The van der Waals surface area contributed by atoms with Gasteiger partial charge in [-0.15, -0.1) is 0 Å². The molecule has 0 saturated heterocycles. The summed E-state index contributed by atoms with van der Waals surface area (Å²) in [6, 6.07) is 2.37. The van der Waals surface area contributed by atoms with E-state index in [4.69, 9.17) is 4.42 Å². The van der Waals surface area contributed by atoms with E-state index in [1.165, 1.54) is 25.7 Å². The standard InChI is InChI=1S/C12H18BrNO/c1-2-14-11(9-5-3-4-6-9)12-10(13)7-8-15-12/h7-9,11,14H,2-6H2,1H3. The predicted octanol–water partition coefficient (Wildman–Crippen LogP) is 3.88. The summed E-state index contributed by atoms with van der Waals surface area (Å²) in [5.41, 5.74) is 0. The van der Waals surface area contributed by atoms with Gasteiger partial charge in [0.15, 0.2) is 0 Å². The third-order valence-corrected chi connectivity index (χ3v) is 3.88. The number of halogens is 1. The van der Waals surface area contributed by atoms with Gasteiger partial charge in [-0.05, 0) is 47.3 Å². The molecule has 0 aromatic carbocycles. The van der Waals surface area contributed by atoms with Gasteiger partial charge in [0.25, 0.3) is 0 Å². The van der Waals surface area contributed by atoms with Crippen molar-refractivity contribution in [1.82, 2.24) is 5.32 Å². The maximum Gasteiger partial charge on any atom is 0.135 e. The van der Waals surface area contributed by atoms with Crippen LogP contribution >= 0.6 is 15.9 Å². The summed E-state index contributed by atoms with van der Waals surface area (Å²) in [6.45, 7) is 3.15. The molecule has 15 heavy (non-hydrogen) atoms. The molecule has 0 amide bonds. The molecule has 0 spiro atoms. The Morgan fingerprint density at radius 2 is 2.27 bits per heavy atom. The first-order valence-corrected chi connectivity index (χ1v) is 6.58. The van der Waals surface area contributed by atoms with E-state index in [2.05, 4.69) is 28.2 Å². The highest BCUT2D eigenvalue weighted by Crippen LogP contribution is 2.38. The Labute approximate surface area is 99.6 Å². The van der Waals surface area contributed by atoms with Crippen molar-refractivity contribution in [2.24, 2.45) is 5.92 Å². The summed E-state index contributed by atoms with van der Waals surface area (Å²) in [5.74, 6) is 1.82. The average Bonchev–Trinajstić information content (AvgIpc) is 2.85. The lowest BCUT2D eigenvalue weighted by Crippen LogP contribution is -2.26. The van der Waals surface area contributed by atoms with Gasteiger partial charge >= 0.3 is 0 Å². The molecule has 0 radical (unpaired) electrons. The van der Waals surface area contributed by atoms with Crippen molar-refractivity contribution >= 4 is 15.9 Å². The first kappa shape index (κ1) is 11.2. The molecular formula is C12H18BrNO. The van der Waals surface area contributed by atoms with Gasteiger partial charge in [-0.2, -0.15) is 0 Å². The van der Waals surface area contributed by atoms with Gasteiger partial charge in [-0.25, -0.2) is 0 Å². The molecule has 1 heterocycles. The van der Waals surface area contributed by atoms with Crippen LogP contribution in [0.1, 0.15) is 44.4 Å². The van der Waals surface area contributed by atoms with Crippen LogP contribution in [-0.2, 0) is 0 Å². The van der Waals surface area contributed by atoms with Crippen molar-refractivity contribution in [3.8, 4) is 0 Å². The summed E-state index contributed by atoms with van der Waals surface area (Å²) < 4.78 is 6.68. The normalized spacial score (nSPS) is 19.6. The lowest BCUT2D eigenvalue weighted by atomic mass is 9.96. The molecule has 1 aliphatic rings. The van der Waals surface area contributed by atoms with Crippen molar-refractivity contribution in [3.63, 3.8) is 0 Å². The second-order valence-corrected chi connectivity index (χ2v) is 5.07. The molecule has 1 N–H and O–H groups in total. The topological polar surface area (TPSA) is 25.2 Å². The lowest BCUT2D eigenvalue weighted by Gasteiger charge is -2.22. The van der Waals surface area contributed by atoms with Crippen LogP contribution in [0.25, 0.3) is 0 Å². The summed E-state index contributed by atoms with van der Waals surface area (Å²) >= 11 is 3.55. The Hall–Kier alpha value is -0.280. The van der Waals surface area contributed by atoms with Crippen LogP contribution < -0.4 is 5.32 Å². The van der Waals surface area contributed by atoms with Crippen molar-refractivity contribution in [3.05, 3.63) is 22.6 Å². The van der Waals surface area contributed by atoms with Crippen molar-refractivity contribution in [2.75, 3.05) is 6.54 Å². The minimum atomic E-state index is 0.391. The third-order valence-electron chi connectivity index (χ3n) is 3.22. The highest BCUT2D eigenvalue weighted by atomic mass is 79.9. The largest absolute Gasteiger partial charge is 0.466 e. The molecule has 84 valence electrons. The van der Waals surface area contributed by atoms with Crippen molar-refractivity contribution in [1.29, 1.82) is 0 Å². The summed E-state index contributed by atoms with van der Waals surface area (Å²) in [4.78, 5) is 0. The molecule has 2 nitrogen and oxygen atoms in total. The number of hydrogen-bond donors (Lipinski definition) is 1. The molecule has 0 bridgehead atoms. The molecule has 1 aromatic rings. The minimum absolute atomic E-state index is 0.391. The van der Waals surface area contributed by atoms with E-state index in [-0.39, 0.29) is 0 Å². The van der Waals surface area contributed by atoms with Crippen LogP contribution in [0.3, 0.4) is 0 Å². The summed E-state index contributed by atoms with van der Waals surface area (Å²) in [6.07, 6.45) is 7.14. The predicted molar refractivity (Wildman–Crippen MR) is 64.8 cm³/mol. The van der Waals surface area contributed by atoms with Crippen LogP contribution in [0, 0.1) is 5.92 Å². The Balaban J connectivity index is 2.15. The molecule has 1 fully saturated rings. The maximum absolute atomic E-state index is 5.58. The number of furan rings is 1. The average molecular weight is 272 g/mol. The molecule has 1 saturated carbocycles. The van der Waals surface area contributed by atoms with Crippen LogP contribution in [0.15, 0.2) is 21.2 Å². The van der Waals surface area contributed by atoms with E-state index in [1.54, 1.807) is 6.26 Å². The van der Waals surface area contributed by atoms with Gasteiger partial charge < -0.3 is 9.73 Å². The summed E-state index contributed by atoms with van der Waals surface area (Å²) in [7, 11) is 0. The molecule has 3 heteroatoms. The van der Waals surface area contributed by atoms with Gasteiger partial charge in [-0.1, -0.05) is 19.8 Å². The molecule has 1 aliphatic carbocycles. The highest BCUT2D eigenvalue weighted by molar-refractivity contribution is 9.10. The van der Waals surface area contributed by atoms with E-state index >= 15 is 0 Å². The van der Waals surface area contributed by atoms with Gasteiger partial charge in [0.05, 0.1) is 16.8 Å². The van der Waals surface area contributed by atoms with Crippen LogP contribution in [-0.4, -0.2) is 6.54 Å². The Kier molecular flexibility index (Phi) is 3.87. The molecule has 1 aromatic heterocycles. The molecular weight excluding hydrogens is 254 g/mol. The zero-order chi connectivity index (χ0) is 10.7. The van der Waals surface area contributed by atoms with Crippen molar-refractivity contribution in [2.45, 2.75) is 38.6 Å². The van der Waals surface area contributed by atoms with Crippen LogP contribution in [0.2, 0.25) is 0 Å². The molecule has 2 rings (SSSR count). The first-order chi connectivity index (χ1) is 7.33. The molecule has 1 unspecified atom stereocenters. The SMILES string of the molecule is CCNC(c1occc1Br)C1CCCC1. The van der Waals surface area contributed by atoms with Gasteiger partial charge in [0, 0.05) is 0 Å². The first-order valence-electron chi connectivity index (χ1n) is 5.79.